The molecule has 0 fully saturated rings. The van der Waals surface area contributed by atoms with Crippen molar-refractivity contribution in [3.63, 3.8) is 0 Å². The molecule has 92 valence electrons. The van der Waals surface area contributed by atoms with E-state index in [4.69, 9.17) is 5.73 Å². The average molecular weight is 223 g/mol. The van der Waals surface area contributed by atoms with Gasteiger partial charge in [-0.05, 0) is 58.3 Å². The molecule has 1 heterocycles. The summed E-state index contributed by atoms with van der Waals surface area (Å²) in [6, 6.07) is 2.14. The Hall–Kier alpha value is -0.800. The molecule has 0 saturated carbocycles. The number of rotatable bonds is 7. The Kier molecular flexibility index (Phi) is 5.03. The Balaban J connectivity index is 2.09. The van der Waals surface area contributed by atoms with E-state index in [0.717, 1.165) is 25.9 Å². The van der Waals surface area contributed by atoms with Crippen LogP contribution in [0, 0.1) is 0 Å². The molecule has 0 bridgehead atoms. The van der Waals surface area contributed by atoms with Crippen LogP contribution < -0.4 is 5.73 Å². The minimum absolute atomic E-state index is 0.0263. The quantitative estimate of drug-likeness (QED) is 0.742. The molecule has 1 aromatic rings. The van der Waals surface area contributed by atoms with Crippen molar-refractivity contribution in [3.8, 4) is 0 Å². The van der Waals surface area contributed by atoms with Gasteiger partial charge in [-0.25, -0.2) is 0 Å². The fraction of sp³-hybridized carbons (Fsp3) is 0.692. The van der Waals surface area contributed by atoms with Crippen LogP contribution in [-0.2, 0) is 6.42 Å². The summed E-state index contributed by atoms with van der Waals surface area (Å²) in [4.78, 5) is 5.46. The molecule has 0 aliphatic rings. The Bertz CT molecular complexity index is 272. The largest absolute Gasteiger partial charge is 0.367 e. The van der Waals surface area contributed by atoms with Gasteiger partial charge in [0.15, 0.2) is 0 Å². The van der Waals surface area contributed by atoms with Crippen molar-refractivity contribution in [1.82, 2.24) is 9.88 Å². The van der Waals surface area contributed by atoms with E-state index < -0.39 is 0 Å². The minimum Gasteiger partial charge on any atom is -0.367 e. The third kappa shape index (κ3) is 5.93. The lowest BCUT2D eigenvalue weighted by atomic mass is 10.00. The summed E-state index contributed by atoms with van der Waals surface area (Å²) < 4.78 is 0. The highest BCUT2D eigenvalue weighted by atomic mass is 15.1. The molecule has 1 rings (SSSR count). The van der Waals surface area contributed by atoms with Crippen LogP contribution in [0.4, 0.5) is 0 Å². The number of hydrogen-bond donors (Lipinski definition) is 2. The molecule has 0 aromatic carbocycles. The van der Waals surface area contributed by atoms with Crippen molar-refractivity contribution in [3.05, 3.63) is 24.0 Å². The third-order valence-corrected chi connectivity index (χ3v) is 2.81. The SMILES string of the molecule is CN(CCCC(C)(C)N)CCc1cc[nH]c1. The molecule has 0 unspecified atom stereocenters. The lowest BCUT2D eigenvalue weighted by Crippen LogP contribution is -2.33. The van der Waals surface area contributed by atoms with E-state index in [0.29, 0.717) is 0 Å². The molecular formula is C13H25N3. The number of nitrogens with two attached hydrogens (primary N) is 1. The molecule has 16 heavy (non-hydrogen) atoms. The first kappa shape index (κ1) is 13.3. The van der Waals surface area contributed by atoms with Crippen molar-refractivity contribution in [2.24, 2.45) is 5.73 Å². The Morgan fingerprint density at radius 1 is 1.38 bits per heavy atom. The second-order valence-corrected chi connectivity index (χ2v) is 5.36. The number of aromatic amines is 1. The van der Waals surface area contributed by atoms with Crippen LogP contribution in [0.2, 0.25) is 0 Å². The molecule has 0 spiro atoms. The number of hydrogen-bond acceptors (Lipinski definition) is 2. The Morgan fingerprint density at radius 2 is 2.12 bits per heavy atom. The number of likely N-dealkylation sites (N-methyl/N-ethyl adjacent to an activating group) is 1. The summed E-state index contributed by atoms with van der Waals surface area (Å²) in [5.41, 5.74) is 7.30. The number of aromatic nitrogens is 1. The van der Waals surface area contributed by atoms with Crippen molar-refractivity contribution in [1.29, 1.82) is 0 Å². The normalized spacial score (nSPS) is 12.3. The van der Waals surface area contributed by atoms with E-state index in [-0.39, 0.29) is 5.54 Å². The molecule has 3 N–H and O–H groups in total. The predicted octanol–water partition coefficient (Wildman–Crippen LogP) is 2.01. The smallest absolute Gasteiger partial charge is 0.00975 e. The Labute approximate surface area is 99.0 Å². The minimum atomic E-state index is -0.0263. The van der Waals surface area contributed by atoms with E-state index in [1.807, 2.05) is 6.20 Å². The first-order chi connectivity index (χ1) is 7.47. The number of nitrogens with one attached hydrogen (secondary N) is 1. The van der Waals surface area contributed by atoms with Gasteiger partial charge < -0.3 is 15.6 Å². The maximum absolute atomic E-state index is 5.95. The molecule has 0 aliphatic carbocycles. The highest BCUT2D eigenvalue weighted by Gasteiger charge is 2.10. The first-order valence-electron chi connectivity index (χ1n) is 6.06. The van der Waals surface area contributed by atoms with Crippen LogP contribution in [0.15, 0.2) is 18.5 Å². The van der Waals surface area contributed by atoms with Gasteiger partial charge in [-0.15, -0.1) is 0 Å². The van der Waals surface area contributed by atoms with Gasteiger partial charge in [-0.2, -0.15) is 0 Å². The van der Waals surface area contributed by atoms with Crippen molar-refractivity contribution in [2.75, 3.05) is 20.1 Å². The number of nitrogens with zero attached hydrogens (tertiary/aromatic N) is 1. The highest BCUT2D eigenvalue weighted by Crippen LogP contribution is 2.07. The first-order valence-corrected chi connectivity index (χ1v) is 6.06. The fourth-order valence-electron chi connectivity index (χ4n) is 1.75. The zero-order chi connectivity index (χ0) is 12.0. The molecular weight excluding hydrogens is 198 g/mol. The van der Waals surface area contributed by atoms with Gasteiger partial charge in [-0.3, -0.25) is 0 Å². The Morgan fingerprint density at radius 3 is 2.69 bits per heavy atom. The van der Waals surface area contributed by atoms with Crippen molar-refractivity contribution in [2.45, 2.75) is 38.6 Å². The molecule has 3 heteroatoms. The summed E-state index contributed by atoms with van der Waals surface area (Å²) in [7, 11) is 2.18. The van der Waals surface area contributed by atoms with Crippen LogP contribution in [0.5, 0.6) is 0 Å². The fourth-order valence-corrected chi connectivity index (χ4v) is 1.75. The van der Waals surface area contributed by atoms with Gasteiger partial charge in [0, 0.05) is 24.5 Å². The third-order valence-electron chi connectivity index (χ3n) is 2.81. The standard InChI is InChI=1S/C13H25N3/c1-13(2,14)7-4-9-16(3)10-6-12-5-8-15-11-12/h5,8,11,15H,4,6-7,9-10,14H2,1-3H3. The van der Waals surface area contributed by atoms with Crippen LogP contribution in [0.25, 0.3) is 0 Å². The van der Waals surface area contributed by atoms with E-state index in [1.54, 1.807) is 0 Å². The molecule has 3 nitrogen and oxygen atoms in total. The highest BCUT2D eigenvalue weighted by molar-refractivity contribution is 5.08. The molecule has 0 radical (unpaired) electrons. The summed E-state index contributed by atoms with van der Waals surface area (Å²) in [5, 5.41) is 0. The summed E-state index contributed by atoms with van der Waals surface area (Å²) in [5.74, 6) is 0. The van der Waals surface area contributed by atoms with E-state index in [1.165, 1.54) is 12.0 Å². The van der Waals surface area contributed by atoms with E-state index in [2.05, 4.69) is 43.0 Å². The summed E-state index contributed by atoms with van der Waals surface area (Å²) in [6.07, 6.45) is 7.42. The van der Waals surface area contributed by atoms with Crippen LogP contribution in [-0.4, -0.2) is 35.6 Å². The summed E-state index contributed by atoms with van der Waals surface area (Å²) >= 11 is 0. The molecule has 1 aromatic heterocycles. The van der Waals surface area contributed by atoms with Gasteiger partial charge >= 0.3 is 0 Å². The van der Waals surface area contributed by atoms with Crippen LogP contribution >= 0.6 is 0 Å². The van der Waals surface area contributed by atoms with Gasteiger partial charge in [0.1, 0.15) is 0 Å². The zero-order valence-electron chi connectivity index (χ0n) is 10.8. The lowest BCUT2D eigenvalue weighted by molar-refractivity contribution is 0.313. The summed E-state index contributed by atoms with van der Waals surface area (Å²) in [6.45, 7) is 6.42. The van der Waals surface area contributed by atoms with Gasteiger partial charge in [0.05, 0.1) is 0 Å². The van der Waals surface area contributed by atoms with Gasteiger partial charge in [0.2, 0.25) is 0 Å². The van der Waals surface area contributed by atoms with E-state index in [9.17, 15) is 0 Å². The predicted molar refractivity (Wildman–Crippen MR) is 69.5 cm³/mol. The second kappa shape index (κ2) is 6.06. The van der Waals surface area contributed by atoms with Gasteiger partial charge in [0.25, 0.3) is 0 Å². The maximum Gasteiger partial charge on any atom is 0.00975 e. The van der Waals surface area contributed by atoms with Crippen LogP contribution in [0.1, 0.15) is 32.3 Å². The monoisotopic (exact) mass is 223 g/mol. The van der Waals surface area contributed by atoms with Gasteiger partial charge in [-0.1, -0.05) is 0 Å². The zero-order valence-corrected chi connectivity index (χ0v) is 10.8. The van der Waals surface area contributed by atoms with Crippen molar-refractivity contribution < 1.29 is 0 Å². The molecule has 0 atom stereocenters. The maximum atomic E-state index is 5.95. The van der Waals surface area contributed by atoms with Crippen molar-refractivity contribution >= 4 is 0 Å². The molecule has 0 amide bonds. The second-order valence-electron chi connectivity index (χ2n) is 5.36. The molecule has 0 aliphatic heterocycles. The van der Waals surface area contributed by atoms with E-state index >= 15 is 0 Å². The topological polar surface area (TPSA) is 45.0 Å². The molecule has 0 saturated heterocycles. The average Bonchev–Trinajstić information content (AvgIpc) is 2.65. The lowest BCUT2D eigenvalue weighted by Gasteiger charge is -2.21. The van der Waals surface area contributed by atoms with Crippen LogP contribution in [0.3, 0.4) is 0 Å². The number of H-pyrrole nitrogens is 1.